The lowest BCUT2D eigenvalue weighted by molar-refractivity contribution is -0.136. The number of pyridine rings is 1. The van der Waals surface area contributed by atoms with E-state index in [4.69, 9.17) is 10.1 Å². The number of nitrogens with zero attached hydrogens (tertiary/aromatic N) is 5. The third-order valence-corrected chi connectivity index (χ3v) is 3.35. The van der Waals surface area contributed by atoms with Crippen LogP contribution < -0.4 is 4.90 Å². The van der Waals surface area contributed by atoms with Crippen LogP contribution in [0.25, 0.3) is 0 Å². The molecule has 0 bridgehead atoms. The number of carbonyl (C=O) groups excluding carboxylic acids is 1. The Balaban J connectivity index is 1.80. The minimum absolute atomic E-state index is 0.0222. The van der Waals surface area contributed by atoms with Crippen molar-refractivity contribution >= 4 is 17.9 Å². The van der Waals surface area contributed by atoms with E-state index in [1.807, 2.05) is 19.1 Å². The zero-order valence-electron chi connectivity index (χ0n) is 12.6. The van der Waals surface area contributed by atoms with Crippen molar-refractivity contribution in [1.82, 2.24) is 9.88 Å². The van der Waals surface area contributed by atoms with E-state index in [9.17, 15) is 4.79 Å². The number of piperazine rings is 1. The molecule has 1 aliphatic rings. The largest absolute Gasteiger partial charge is 0.386 e. The number of hydrogen-bond donors (Lipinski definition) is 0. The highest BCUT2D eigenvalue weighted by atomic mass is 16.6. The van der Waals surface area contributed by atoms with E-state index in [0.29, 0.717) is 31.7 Å². The van der Waals surface area contributed by atoms with Crippen LogP contribution in [0.2, 0.25) is 0 Å². The van der Waals surface area contributed by atoms with Crippen LogP contribution >= 0.6 is 0 Å². The molecule has 0 aliphatic carbocycles. The van der Waals surface area contributed by atoms with Gasteiger partial charge in [0.1, 0.15) is 11.9 Å². The third-order valence-electron chi connectivity index (χ3n) is 3.35. The van der Waals surface area contributed by atoms with Crippen molar-refractivity contribution in [3.63, 3.8) is 0 Å². The standard InChI is InChI=1S/C15H19N5O2/c1-2-5-18-22-12-15(21)20-8-6-19(7-9-20)14-4-3-13(10-16)11-17-14/h3-5,11H,2,6-9,12H2,1H3. The molecule has 0 atom stereocenters. The third kappa shape index (κ3) is 4.19. The predicted octanol–water partition coefficient (Wildman–Crippen LogP) is 1.01. The van der Waals surface area contributed by atoms with Crippen LogP contribution in [0.1, 0.15) is 18.9 Å². The maximum Gasteiger partial charge on any atom is 0.263 e. The second kappa shape index (κ2) is 7.98. The van der Waals surface area contributed by atoms with E-state index in [1.165, 1.54) is 0 Å². The zero-order chi connectivity index (χ0) is 15.8. The second-order valence-electron chi connectivity index (χ2n) is 4.85. The molecule has 0 radical (unpaired) electrons. The number of anilines is 1. The Morgan fingerprint density at radius 2 is 2.23 bits per heavy atom. The highest BCUT2D eigenvalue weighted by Gasteiger charge is 2.22. The average Bonchev–Trinajstić information content (AvgIpc) is 2.59. The fraction of sp³-hybridized carbons (Fsp3) is 0.467. The van der Waals surface area contributed by atoms with Crippen LogP contribution in [0.3, 0.4) is 0 Å². The lowest BCUT2D eigenvalue weighted by atomic mass is 10.2. The monoisotopic (exact) mass is 301 g/mol. The Bertz CT molecular complexity index is 556. The van der Waals surface area contributed by atoms with Crippen LogP contribution in [0, 0.1) is 11.3 Å². The van der Waals surface area contributed by atoms with Crippen LogP contribution in [0.4, 0.5) is 5.82 Å². The van der Waals surface area contributed by atoms with Crippen LogP contribution in [-0.2, 0) is 9.63 Å². The van der Waals surface area contributed by atoms with Gasteiger partial charge in [0.15, 0.2) is 6.61 Å². The molecule has 22 heavy (non-hydrogen) atoms. The highest BCUT2D eigenvalue weighted by molar-refractivity contribution is 5.77. The van der Waals surface area contributed by atoms with E-state index in [2.05, 4.69) is 15.0 Å². The lowest BCUT2D eigenvalue weighted by Crippen LogP contribution is -2.49. The molecule has 0 aromatic carbocycles. The molecule has 2 heterocycles. The Kier molecular flexibility index (Phi) is 5.72. The van der Waals surface area contributed by atoms with Crippen molar-refractivity contribution in [3.8, 4) is 6.07 Å². The van der Waals surface area contributed by atoms with Gasteiger partial charge in [-0.25, -0.2) is 4.98 Å². The number of rotatable bonds is 5. The molecule has 0 unspecified atom stereocenters. The van der Waals surface area contributed by atoms with Gasteiger partial charge in [0.05, 0.1) is 5.56 Å². The summed E-state index contributed by atoms with van der Waals surface area (Å²) in [6.45, 7) is 4.60. The second-order valence-corrected chi connectivity index (χ2v) is 4.85. The van der Waals surface area contributed by atoms with Gasteiger partial charge in [0.25, 0.3) is 5.91 Å². The Hall–Kier alpha value is -2.62. The molecule has 0 spiro atoms. The summed E-state index contributed by atoms with van der Waals surface area (Å²) in [5.41, 5.74) is 0.544. The van der Waals surface area contributed by atoms with Gasteiger partial charge in [-0.05, 0) is 18.6 Å². The fourth-order valence-electron chi connectivity index (χ4n) is 2.14. The van der Waals surface area contributed by atoms with Gasteiger partial charge in [0, 0.05) is 38.6 Å². The first-order valence-electron chi connectivity index (χ1n) is 7.27. The Morgan fingerprint density at radius 1 is 1.45 bits per heavy atom. The van der Waals surface area contributed by atoms with E-state index >= 15 is 0 Å². The SMILES string of the molecule is CCC=NOCC(=O)N1CCN(c2ccc(C#N)cn2)CC1. The molecule has 0 saturated carbocycles. The summed E-state index contributed by atoms with van der Waals surface area (Å²) in [7, 11) is 0. The normalized spacial score (nSPS) is 14.9. The number of aromatic nitrogens is 1. The molecule has 0 N–H and O–H groups in total. The Labute approximate surface area is 129 Å². The summed E-state index contributed by atoms with van der Waals surface area (Å²) < 4.78 is 0. The lowest BCUT2D eigenvalue weighted by Gasteiger charge is -2.35. The van der Waals surface area contributed by atoms with Crippen molar-refractivity contribution in [2.45, 2.75) is 13.3 Å². The van der Waals surface area contributed by atoms with Gasteiger partial charge in [0.2, 0.25) is 0 Å². The van der Waals surface area contributed by atoms with Gasteiger partial charge < -0.3 is 14.6 Å². The van der Waals surface area contributed by atoms with E-state index in [1.54, 1.807) is 23.4 Å². The fourth-order valence-corrected chi connectivity index (χ4v) is 2.14. The molecular formula is C15H19N5O2. The summed E-state index contributed by atoms with van der Waals surface area (Å²) in [5.74, 6) is 0.774. The van der Waals surface area contributed by atoms with Crippen LogP contribution in [0.5, 0.6) is 0 Å². The first kappa shape index (κ1) is 15.8. The van der Waals surface area contributed by atoms with E-state index in [0.717, 1.165) is 12.2 Å². The number of oxime groups is 1. The summed E-state index contributed by atoms with van der Waals surface area (Å²) in [4.78, 5) is 25.0. The maximum absolute atomic E-state index is 11.9. The van der Waals surface area contributed by atoms with Gasteiger partial charge in [-0.1, -0.05) is 12.1 Å². The van der Waals surface area contributed by atoms with Gasteiger partial charge in [-0.15, -0.1) is 0 Å². The van der Waals surface area contributed by atoms with Crippen LogP contribution in [0.15, 0.2) is 23.5 Å². The summed E-state index contributed by atoms with van der Waals surface area (Å²) in [6, 6.07) is 5.63. The molecule has 1 fully saturated rings. The first-order valence-corrected chi connectivity index (χ1v) is 7.27. The average molecular weight is 301 g/mol. The molecule has 1 aromatic rings. The molecular weight excluding hydrogens is 282 g/mol. The minimum Gasteiger partial charge on any atom is -0.386 e. The molecule has 1 saturated heterocycles. The summed E-state index contributed by atoms with van der Waals surface area (Å²) in [5, 5.41) is 12.5. The summed E-state index contributed by atoms with van der Waals surface area (Å²) in [6.07, 6.45) is 3.97. The van der Waals surface area contributed by atoms with Crippen LogP contribution in [-0.4, -0.2) is 54.8 Å². The first-order chi connectivity index (χ1) is 10.7. The van der Waals surface area contributed by atoms with Crippen molar-refractivity contribution in [2.75, 3.05) is 37.7 Å². The van der Waals surface area contributed by atoms with E-state index in [-0.39, 0.29) is 12.5 Å². The number of hydrogen-bond acceptors (Lipinski definition) is 6. The Morgan fingerprint density at radius 3 is 2.82 bits per heavy atom. The molecule has 7 heteroatoms. The van der Waals surface area contributed by atoms with Crippen molar-refractivity contribution in [1.29, 1.82) is 5.26 Å². The summed E-state index contributed by atoms with van der Waals surface area (Å²) >= 11 is 0. The quantitative estimate of drug-likeness (QED) is 0.599. The molecule has 1 aromatic heterocycles. The molecule has 1 amide bonds. The minimum atomic E-state index is -0.0549. The van der Waals surface area contributed by atoms with Crippen molar-refractivity contribution < 1.29 is 9.63 Å². The number of carbonyl (C=O) groups is 1. The molecule has 116 valence electrons. The van der Waals surface area contributed by atoms with Gasteiger partial charge in [-0.2, -0.15) is 5.26 Å². The number of amides is 1. The van der Waals surface area contributed by atoms with Gasteiger partial charge >= 0.3 is 0 Å². The maximum atomic E-state index is 11.9. The predicted molar refractivity (Wildman–Crippen MR) is 82.5 cm³/mol. The smallest absolute Gasteiger partial charge is 0.263 e. The molecule has 7 nitrogen and oxygen atoms in total. The highest BCUT2D eigenvalue weighted by Crippen LogP contribution is 2.14. The molecule has 2 rings (SSSR count). The zero-order valence-corrected chi connectivity index (χ0v) is 12.6. The molecule has 1 aliphatic heterocycles. The number of nitriles is 1. The van der Waals surface area contributed by atoms with E-state index < -0.39 is 0 Å². The van der Waals surface area contributed by atoms with Crippen molar-refractivity contribution in [2.24, 2.45) is 5.16 Å². The topological polar surface area (TPSA) is 81.8 Å². The van der Waals surface area contributed by atoms with Crippen molar-refractivity contribution in [3.05, 3.63) is 23.9 Å². The van der Waals surface area contributed by atoms with Gasteiger partial charge in [-0.3, -0.25) is 4.79 Å².